The Hall–Kier alpha value is -1.72. The van der Waals surface area contributed by atoms with E-state index in [1.54, 1.807) is 0 Å². The number of isocyanates is 1. The van der Waals surface area contributed by atoms with Crippen molar-refractivity contribution >= 4 is 18.0 Å². The van der Waals surface area contributed by atoms with Crippen molar-refractivity contribution in [2.24, 2.45) is 10.7 Å². The van der Waals surface area contributed by atoms with E-state index in [0.29, 0.717) is 19.4 Å². The summed E-state index contributed by atoms with van der Waals surface area (Å²) in [7, 11) is 0. The third-order valence-electron chi connectivity index (χ3n) is 1.86. The summed E-state index contributed by atoms with van der Waals surface area (Å²) in [5.41, 5.74) is 5.28. The first-order valence-corrected chi connectivity index (χ1v) is 4.88. The number of hydrogen-bond donors (Lipinski definition) is 3. The molecule has 0 aliphatic heterocycles. The van der Waals surface area contributed by atoms with Crippen LogP contribution in [-0.2, 0) is 14.4 Å². The highest BCUT2D eigenvalue weighted by Crippen LogP contribution is 2.03. The normalized spacial score (nSPS) is 11.3. The van der Waals surface area contributed by atoms with Gasteiger partial charge in [-0.2, -0.15) is 4.99 Å². The zero-order chi connectivity index (χ0) is 12.4. The van der Waals surface area contributed by atoms with Crippen LogP contribution in [0.1, 0.15) is 19.3 Å². The highest BCUT2D eigenvalue weighted by atomic mass is 16.4. The molecule has 16 heavy (non-hydrogen) atoms. The van der Waals surface area contributed by atoms with Crippen molar-refractivity contribution in [2.75, 3.05) is 13.1 Å². The molecule has 0 heterocycles. The fourth-order valence-corrected chi connectivity index (χ4v) is 1.08. The van der Waals surface area contributed by atoms with Crippen molar-refractivity contribution in [2.45, 2.75) is 25.3 Å². The SMILES string of the molecule is NCCCC[C@H](N=C=O)C(=O)NCC(=O)O. The number of aliphatic imine (C=N–C) groups is 1. The van der Waals surface area contributed by atoms with E-state index in [-0.39, 0.29) is 0 Å². The topological polar surface area (TPSA) is 122 Å². The smallest absolute Gasteiger partial charge is 0.322 e. The molecular formula is C9H15N3O4. The Balaban J connectivity index is 4.12. The summed E-state index contributed by atoms with van der Waals surface area (Å²) in [5.74, 6) is -1.73. The number of carbonyl (C=O) groups is 2. The number of carboxylic acids is 1. The van der Waals surface area contributed by atoms with E-state index in [0.717, 1.165) is 6.42 Å². The molecule has 0 unspecified atom stereocenters. The number of nitrogens with two attached hydrogens (primary N) is 1. The van der Waals surface area contributed by atoms with Gasteiger partial charge in [-0.1, -0.05) is 0 Å². The van der Waals surface area contributed by atoms with Gasteiger partial charge < -0.3 is 16.2 Å². The fourth-order valence-electron chi connectivity index (χ4n) is 1.08. The monoisotopic (exact) mass is 229 g/mol. The molecule has 7 nitrogen and oxygen atoms in total. The zero-order valence-corrected chi connectivity index (χ0v) is 8.81. The molecule has 0 aromatic heterocycles. The van der Waals surface area contributed by atoms with Crippen LogP contribution in [0.15, 0.2) is 4.99 Å². The lowest BCUT2D eigenvalue weighted by Crippen LogP contribution is -2.36. The van der Waals surface area contributed by atoms with E-state index >= 15 is 0 Å². The van der Waals surface area contributed by atoms with Gasteiger partial charge in [-0.05, 0) is 25.8 Å². The van der Waals surface area contributed by atoms with E-state index in [1.165, 1.54) is 6.08 Å². The second-order valence-electron chi connectivity index (χ2n) is 3.13. The standard InChI is InChI=1S/C9H15N3O4/c10-4-2-1-3-7(12-6-13)9(16)11-5-8(14)15/h7H,1-5,10H2,(H,11,16)(H,14,15)/t7-/m0/s1. The van der Waals surface area contributed by atoms with Crippen LogP contribution in [0.2, 0.25) is 0 Å². The number of nitrogens with one attached hydrogen (secondary N) is 1. The number of aliphatic carboxylic acids is 1. The van der Waals surface area contributed by atoms with Gasteiger partial charge in [0.1, 0.15) is 12.6 Å². The van der Waals surface area contributed by atoms with Gasteiger partial charge in [0.05, 0.1) is 0 Å². The third-order valence-corrected chi connectivity index (χ3v) is 1.86. The molecule has 0 bridgehead atoms. The van der Waals surface area contributed by atoms with Crippen molar-refractivity contribution in [3.8, 4) is 0 Å². The summed E-state index contributed by atoms with van der Waals surface area (Å²) in [6, 6.07) is -0.872. The Morgan fingerprint density at radius 3 is 2.62 bits per heavy atom. The molecule has 0 saturated heterocycles. The van der Waals surface area contributed by atoms with Gasteiger partial charge in [0.25, 0.3) is 0 Å². The van der Waals surface area contributed by atoms with Gasteiger partial charge in [0, 0.05) is 0 Å². The average molecular weight is 229 g/mol. The summed E-state index contributed by atoms with van der Waals surface area (Å²) < 4.78 is 0. The van der Waals surface area contributed by atoms with E-state index in [2.05, 4.69) is 10.3 Å². The number of carbonyl (C=O) groups excluding carboxylic acids is 2. The zero-order valence-electron chi connectivity index (χ0n) is 8.81. The lowest BCUT2D eigenvalue weighted by atomic mass is 10.1. The van der Waals surface area contributed by atoms with Crippen molar-refractivity contribution in [3.05, 3.63) is 0 Å². The fraction of sp³-hybridized carbons (Fsp3) is 0.667. The van der Waals surface area contributed by atoms with E-state index in [4.69, 9.17) is 10.8 Å². The van der Waals surface area contributed by atoms with E-state index in [9.17, 15) is 14.4 Å². The average Bonchev–Trinajstić information content (AvgIpc) is 2.25. The Morgan fingerprint density at radius 1 is 1.44 bits per heavy atom. The Bertz CT molecular complexity index is 286. The number of amides is 1. The van der Waals surface area contributed by atoms with Crippen molar-refractivity contribution in [1.82, 2.24) is 5.32 Å². The molecule has 0 saturated carbocycles. The van der Waals surface area contributed by atoms with Crippen LogP contribution in [0, 0.1) is 0 Å². The van der Waals surface area contributed by atoms with Gasteiger partial charge >= 0.3 is 5.97 Å². The Morgan fingerprint density at radius 2 is 2.12 bits per heavy atom. The molecule has 4 N–H and O–H groups in total. The number of carboxylic acid groups (broad SMARTS) is 1. The van der Waals surface area contributed by atoms with Crippen molar-refractivity contribution in [1.29, 1.82) is 0 Å². The molecule has 0 aromatic carbocycles. The summed E-state index contributed by atoms with van der Waals surface area (Å²) in [6.07, 6.45) is 3.02. The number of rotatable bonds is 8. The van der Waals surface area contributed by atoms with Crippen molar-refractivity contribution < 1.29 is 19.5 Å². The van der Waals surface area contributed by atoms with Crippen LogP contribution in [0.3, 0.4) is 0 Å². The Labute approximate surface area is 92.7 Å². The highest BCUT2D eigenvalue weighted by molar-refractivity contribution is 5.85. The van der Waals surface area contributed by atoms with Crippen LogP contribution in [-0.4, -0.2) is 42.2 Å². The molecule has 7 heteroatoms. The van der Waals surface area contributed by atoms with Gasteiger partial charge in [-0.15, -0.1) is 0 Å². The second kappa shape index (κ2) is 8.58. The summed E-state index contributed by atoms with van der Waals surface area (Å²) in [4.78, 5) is 35.0. The second-order valence-corrected chi connectivity index (χ2v) is 3.13. The lowest BCUT2D eigenvalue weighted by Gasteiger charge is -2.09. The van der Waals surface area contributed by atoms with Crippen LogP contribution < -0.4 is 11.1 Å². The van der Waals surface area contributed by atoms with Crippen LogP contribution in [0.25, 0.3) is 0 Å². The highest BCUT2D eigenvalue weighted by Gasteiger charge is 2.17. The minimum atomic E-state index is -1.15. The molecule has 0 radical (unpaired) electrons. The van der Waals surface area contributed by atoms with Gasteiger partial charge in [-0.3, -0.25) is 9.59 Å². The van der Waals surface area contributed by atoms with Crippen LogP contribution in [0.4, 0.5) is 0 Å². The lowest BCUT2D eigenvalue weighted by molar-refractivity contribution is -0.138. The predicted molar refractivity (Wildman–Crippen MR) is 55.5 cm³/mol. The number of hydrogen-bond acceptors (Lipinski definition) is 5. The largest absolute Gasteiger partial charge is 0.480 e. The Kier molecular flexibility index (Phi) is 7.66. The maximum Gasteiger partial charge on any atom is 0.322 e. The van der Waals surface area contributed by atoms with E-state index < -0.39 is 24.5 Å². The minimum Gasteiger partial charge on any atom is -0.480 e. The van der Waals surface area contributed by atoms with Crippen LogP contribution in [0.5, 0.6) is 0 Å². The minimum absolute atomic E-state index is 0.359. The summed E-state index contributed by atoms with van der Waals surface area (Å²) in [5, 5.41) is 10.5. The molecule has 90 valence electrons. The number of unbranched alkanes of at least 4 members (excludes halogenated alkanes) is 1. The molecule has 0 spiro atoms. The summed E-state index contributed by atoms with van der Waals surface area (Å²) in [6.45, 7) is 0.00880. The molecule has 0 aromatic rings. The molecule has 0 fully saturated rings. The molecule has 1 atom stereocenters. The first-order valence-electron chi connectivity index (χ1n) is 4.88. The molecule has 0 aliphatic rings. The predicted octanol–water partition coefficient (Wildman–Crippen LogP) is -0.979. The first-order chi connectivity index (χ1) is 7.61. The first kappa shape index (κ1) is 14.3. The van der Waals surface area contributed by atoms with Crippen LogP contribution >= 0.6 is 0 Å². The quantitative estimate of drug-likeness (QED) is 0.280. The molecule has 0 aliphatic carbocycles. The van der Waals surface area contributed by atoms with E-state index in [1.807, 2.05) is 0 Å². The third kappa shape index (κ3) is 6.69. The molecule has 0 rings (SSSR count). The van der Waals surface area contributed by atoms with Gasteiger partial charge in [0.15, 0.2) is 0 Å². The number of nitrogens with zero attached hydrogens (tertiary/aromatic N) is 1. The molecular weight excluding hydrogens is 214 g/mol. The van der Waals surface area contributed by atoms with Gasteiger partial charge in [0.2, 0.25) is 12.0 Å². The van der Waals surface area contributed by atoms with Gasteiger partial charge in [-0.25, -0.2) is 4.79 Å². The molecule has 1 amide bonds. The summed E-state index contributed by atoms with van der Waals surface area (Å²) >= 11 is 0. The maximum atomic E-state index is 11.4. The van der Waals surface area contributed by atoms with Crippen molar-refractivity contribution in [3.63, 3.8) is 0 Å². The maximum absolute atomic E-state index is 11.4.